The molecule has 2 aromatic carbocycles. The van der Waals surface area contributed by atoms with Crippen LogP contribution in [0.2, 0.25) is 0 Å². The first-order valence-corrected chi connectivity index (χ1v) is 19.1. The molecule has 4 aromatic rings. The normalized spacial score (nSPS) is 15.3. The van der Waals surface area contributed by atoms with Gasteiger partial charge in [-0.15, -0.1) is 4.90 Å². The van der Waals surface area contributed by atoms with Gasteiger partial charge in [0.15, 0.2) is 0 Å². The van der Waals surface area contributed by atoms with Gasteiger partial charge in [-0.1, -0.05) is 0 Å². The van der Waals surface area contributed by atoms with Gasteiger partial charge in [-0.3, -0.25) is 4.79 Å². The molecule has 15 nitrogen and oxygen atoms in total. The van der Waals surface area contributed by atoms with Crippen LogP contribution in [-0.4, -0.2) is 76.2 Å². The summed E-state index contributed by atoms with van der Waals surface area (Å²) in [4.78, 5) is 75.6. The summed E-state index contributed by atoms with van der Waals surface area (Å²) in [5.41, 5.74) is 0.969. The Kier molecular flexibility index (Phi) is 10.6. The average Bonchev–Trinajstić information content (AvgIpc) is 3.83. The van der Waals surface area contributed by atoms with Crippen LogP contribution in [-0.2, 0) is 30.3 Å². The van der Waals surface area contributed by atoms with Gasteiger partial charge in [-0.2, -0.15) is 11.3 Å². The third kappa shape index (κ3) is 8.44. The molecule has 1 saturated heterocycles. The number of benzene rings is 2. The highest BCUT2D eigenvalue weighted by Gasteiger charge is 2.39. The third-order valence-electron chi connectivity index (χ3n) is 8.62. The number of carbonyl (C=O) groups is 5. The van der Waals surface area contributed by atoms with Gasteiger partial charge >= 0.3 is 24.2 Å². The summed E-state index contributed by atoms with van der Waals surface area (Å²) >= 11 is 1.53. The number of amides is 3. The molecule has 1 atom stereocenters. The highest BCUT2D eigenvalue weighted by atomic mass is 32.1. The predicted molar refractivity (Wildman–Crippen MR) is 211 cm³/mol. The Labute approximate surface area is 328 Å². The highest BCUT2D eigenvalue weighted by Crippen LogP contribution is 2.44. The number of nitrogens with one attached hydrogen (secondary N) is 1. The van der Waals surface area contributed by atoms with E-state index < -0.39 is 58.9 Å². The lowest BCUT2D eigenvalue weighted by Crippen LogP contribution is -2.45. The minimum absolute atomic E-state index is 0.108. The molecule has 2 aliphatic heterocycles. The van der Waals surface area contributed by atoms with Crippen LogP contribution < -0.4 is 19.9 Å². The fourth-order valence-electron chi connectivity index (χ4n) is 6.41. The Hall–Kier alpha value is -5.64. The molecular weight excluding hydrogens is 743 g/mol. The second-order valence-corrected chi connectivity index (χ2v) is 17.3. The first-order chi connectivity index (χ1) is 26.1. The standard InChI is InChI=1S/C40H47N5O10S/c1-38(2,3)53-35(48)44-30-16-23(13-14-27(30)42-34(44)45(36(49)54-39(4,5)6)37(50)55-40(7,8)9)41-32(46)25-17-24-26-21-56-20-22(26)19-52-31(24)18-29(25)43-15-11-12-28(43)33(47)51-10/h13-14,16-18,20-21,28H,11-12,15,19H2,1-10H3,(H,41,46)/t28-/m1/s1. The zero-order valence-electron chi connectivity index (χ0n) is 33.2. The van der Waals surface area contributed by atoms with E-state index in [2.05, 4.69) is 10.3 Å². The Morgan fingerprint density at radius 2 is 1.54 bits per heavy atom. The van der Waals surface area contributed by atoms with Gasteiger partial charge in [0.1, 0.15) is 35.2 Å². The number of nitrogens with zero attached hydrogens (tertiary/aromatic N) is 4. The van der Waals surface area contributed by atoms with Crippen LogP contribution in [0.3, 0.4) is 0 Å². The third-order valence-corrected chi connectivity index (χ3v) is 9.41. The largest absolute Gasteiger partial charge is 0.488 e. The van der Waals surface area contributed by atoms with E-state index in [1.807, 2.05) is 15.7 Å². The second kappa shape index (κ2) is 14.8. The van der Waals surface area contributed by atoms with Crippen molar-refractivity contribution in [2.24, 2.45) is 0 Å². The van der Waals surface area contributed by atoms with Crippen LogP contribution >= 0.6 is 11.3 Å². The van der Waals surface area contributed by atoms with Crippen molar-refractivity contribution in [2.75, 3.05) is 28.8 Å². The number of anilines is 3. The highest BCUT2D eigenvalue weighted by molar-refractivity contribution is 7.08. The quantitative estimate of drug-likeness (QED) is 0.151. The van der Waals surface area contributed by atoms with Crippen LogP contribution in [0.25, 0.3) is 22.2 Å². The van der Waals surface area contributed by atoms with Crippen molar-refractivity contribution in [1.82, 2.24) is 9.55 Å². The number of methoxy groups -OCH3 is 1. The van der Waals surface area contributed by atoms with E-state index in [1.54, 1.807) is 80.5 Å². The smallest absolute Gasteiger partial charge is 0.427 e. The van der Waals surface area contributed by atoms with E-state index >= 15 is 0 Å². The number of hydrogen-bond donors (Lipinski definition) is 1. The number of hydrogen-bond acceptors (Lipinski definition) is 13. The van der Waals surface area contributed by atoms with E-state index in [-0.39, 0.29) is 22.3 Å². The molecule has 0 bridgehead atoms. The lowest BCUT2D eigenvalue weighted by Gasteiger charge is -2.29. The fourth-order valence-corrected chi connectivity index (χ4v) is 7.25. The summed E-state index contributed by atoms with van der Waals surface area (Å²) in [5, 5.41) is 6.96. The number of imidazole rings is 1. The maximum absolute atomic E-state index is 14.4. The van der Waals surface area contributed by atoms with Crippen molar-refractivity contribution < 1.29 is 47.7 Å². The Balaban J connectivity index is 1.46. The van der Waals surface area contributed by atoms with Crippen molar-refractivity contribution >= 4 is 69.8 Å². The van der Waals surface area contributed by atoms with Crippen molar-refractivity contribution in [3.63, 3.8) is 0 Å². The van der Waals surface area contributed by atoms with Crippen molar-refractivity contribution in [2.45, 2.75) is 105 Å². The van der Waals surface area contributed by atoms with E-state index in [0.717, 1.165) is 21.3 Å². The number of carbonyl (C=O) groups excluding carboxylic acids is 5. The Bertz CT molecular complexity index is 2190. The zero-order chi connectivity index (χ0) is 40.9. The first-order valence-electron chi connectivity index (χ1n) is 18.2. The summed E-state index contributed by atoms with van der Waals surface area (Å²) in [6.45, 7) is 15.7. The summed E-state index contributed by atoms with van der Waals surface area (Å²) in [5.74, 6) is -0.760. The topological polar surface area (TPSA) is 168 Å². The molecule has 3 amide bonds. The lowest BCUT2D eigenvalue weighted by atomic mass is 9.97. The van der Waals surface area contributed by atoms with Gasteiger partial charge in [0, 0.05) is 35.0 Å². The summed E-state index contributed by atoms with van der Waals surface area (Å²) < 4.78 is 29.1. The van der Waals surface area contributed by atoms with Crippen molar-refractivity contribution in [1.29, 1.82) is 0 Å². The molecule has 1 N–H and O–H groups in total. The van der Waals surface area contributed by atoms with Crippen LogP contribution in [0.1, 0.15) is 91.1 Å². The number of fused-ring (bicyclic) bond motifs is 4. The molecule has 4 heterocycles. The number of ether oxygens (including phenoxy) is 5. The van der Waals surface area contributed by atoms with E-state index in [4.69, 9.17) is 23.7 Å². The second-order valence-electron chi connectivity index (χ2n) is 16.5. The summed E-state index contributed by atoms with van der Waals surface area (Å²) in [6.07, 6.45) is -1.96. The molecule has 2 aliphatic rings. The zero-order valence-corrected chi connectivity index (χ0v) is 34.0. The number of rotatable bonds is 5. The molecule has 0 unspecified atom stereocenters. The Morgan fingerprint density at radius 3 is 2.16 bits per heavy atom. The molecule has 0 radical (unpaired) electrons. The minimum atomic E-state index is -1.13. The molecule has 0 spiro atoms. The van der Waals surface area contributed by atoms with Crippen molar-refractivity contribution in [3.05, 3.63) is 52.2 Å². The van der Waals surface area contributed by atoms with Gasteiger partial charge in [-0.25, -0.2) is 28.7 Å². The van der Waals surface area contributed by atoms with E-state index in [9.17, 15) is 24.0 Å². The molecule has 16 heteroatoms. The number of esters is 1. The van der Waals surface area contributed by atoms with Gasteiger partial charge < -0.3 is 33.9 Å². The van der Waals surface area contributed by atoms with Gasteiger partial charge in [0.2, 0.25) is 5.95 Å². The van der Waals surface area contributed by atoms with Gasteiger partial charge in [0.05, 0.1) is 29.4 Å². The van der Waals surface area contributed by atoms with E-state index in [1.165, 1.54) is 30.6 Å². The Morgan fingerprint density at radius 1 is 0.875 bits per heavy atom. The van der Waals surface area contributed by atoms with Gasteiger partial charge in [0.25, 0.3) is 5.91 Å². The summed E-state index contributed by atoms with van der Waals surface area (Å²) in [7, 11) is 1.34. The number of thiophene rings is 1. The number of aromatic nitrogens is 2. The average molecular weight is 790 g/mol. The van der Waals surface area contributed by atoms with Crippen molar-refractivity contribution in [3.8, 4) is 16.9 Å². The van der Waals surface area contributed by atoms with Crippen LogP contribution in [0.5, 0.6) is 5.75 Å². The predicted octanol–water partition coefficient (Wildman–Crippen LogP) is 8.51. The molecule has 56 heavy (non-hydrogen) atoms. The molecule has 6 rings (SSSR count). The van der Waals surface area contributed by atoms with Gasteiger partial charge in [-0.05, 0) is 110 Å². The molecule has 298 valence electrons. The molecule has 2 aromatic heterocycles. The van der Waals surface area contributed by atoms with Crippen LogP contribution in [0, 0.1) is 0 Å². The molecule has 0 aliphatic carbocycles. The fraction of sp³-hybridized carbons (Fsp3) is 0.450. The van der Waals surface area contributed by atoms with E-state index in [0.29, 0.717) is 42.3 Å². The number of imide groups is 1. The SMILES string of the molecule is COC(=O)[C@H]1CCCN1c1cc2c(cc1C(=O)Nc1ccc3nc(N(C(=O)OC(C)(C)C)C(=O)OC(C)(C)C)n(C(=O)OC(C)(C)C)c3c1)-c1cscc1CO2. The monoisotopic (exact) mass is 789 g/mol. The minimum Gasteiger partial charge on any atom is -0.488 e. The lowest BCUT2D eigenvalue weighted by molar-refractivity contribution is -0.141. The molecule has 0 saturated carbocycles. The molecule has 1 fully saturated rings. The first kappa shape index (κ1) is 40.0. The summed E-state index contributed by atoms with van der Waals surface area (Å²) in [6, 6.07) is 7.55. The maximum Gasteiger partial charge on any atom is 0.427 e. The maximum atomic E-state index is 14.4. The molecular formula is C40H47N5O10S. The van der Waals surface area contributed by atoms with Crippen LogP contribution in [0.4, 0.5) is 31.7 Å². The van der Waals surface area contributed by atoms with Crippen LogP contribution in [0.15, 0.2) is 41.1 Å².